The van der Waals surface area contributed by atoms with Crippen molar-refractivity contribution in [3.8, 4) is 11.5 Å². The van der Waals surface area contributed by atoms with Gasteiger partial charge in [-0.2, -0.15) is 4.79 Å². The van der Waals surface area contributed by atoms with E-state index in [2.05, 4.69) is 20.8 Å². The van der Waals surface area contributed by atoms with Crippen molar-refractivity contribution >= 4 is 6.16 Å². The third-order valence-electron chi connectivity index (χ3n) is 5.74. The van der Waals surface area contributed by atoms with Gasteiger partial charge in [-0.25, -0.2) is 0 Å². The van der Waals surface area contributed by atoms with Crippen LogP contribution in [0.2, 0.25) is 0 Å². The van der Waals surface area contributed by atoms with Gasteiger partial charge in [-0.05, 0) is 23.3 Å². The van der Waals surface area contributed by atoms with E-state index >= 15 is 0 Å². The number of phenolic OH excluding ortho intramolecular Hbond substituents is 2. The van der Waals surface area contributed by atoms with E-state index < -0.39 is 18.2 Å². The van der Waals surface area contributed by atoms with Gasteiger partial charge in [-0.3, -0.25) is 9.68 Å². The molecule has 2 N–H and O–H groups in total. The molecule has 2 unspecified atom stereocenters. The largest absolute Gasteiger partial charge is 0.565 e. The summed E-state index contributed by atoms with van der Waals surface area (Å²) in [5.41, 5.74) is 2.99. The summed E-state index contributed by atoms with van der Waals surface area (Å²) in [5, 5.41) is 35.8. The molecular weight excluding hydrogens is 484 g/mol. The molecule has 0 spiro atoms. The molecule has 0 saturated heterocycles. The number of rotatable bonds is 10. The summed E-state index contributed by atoms with van der Waals surface area (Å²) in [6, 6.07) is 31.4. The molecule has 38 heavy (non-hydrogen) atoms. The summed E-state index contributed by atoms with van der Waals surface area (Å²) in [6.07, 6.45) is -0.396. The van der Waals surface area contributed by atoms with Crippen LogP contribution in [-0.4, -0.2) is 16.4 Å². The number of para-hydroxylation sites is 2. The first-order valence-corrected chi connectivity index (χ1v) is 11.9. The molecule has 192 valence electrons. The summed E-state index contributed by atoms with van der Waals surface area (Å²) < 4.78 is 0. The third-order valence-corrected chi connectivity index (χ3v) is 5.74. The molecule has 0 amide bonds. The van der Waals surface area contributed by atoms with Gasteiger partial charge in [0.1, 0.15) is 23.6 Å². The van der Waals surface area contributed by atoms with Crippen LogP contribution < -0.4 is 0 Å². The minimum absolute atomic E-state index is 0.0531. The van der Waals surface area contributed by atoms with Gasteiger partial charge in [-0.15, -0.1) is 10.2 Å². The lowest BCUT2D eigenvalue weighted by Gasteiger charge is -2.13. The van der Waals surface area contributed by atoms with Gasteiger partial charge in [0.2, 0.25) is 0 Å². The second-order valence-electron chi connectivity index (χ2n) is 8.36. The van der Waals surface area contributed by atoms with Crippen LogP contribution in [0.25, 0.3) is 0 Å². The highest BCUT2D eigenvalue weighted by Crippen LogP contribution is 2.31. The van der Waals surface area contributed by atoms with Crippen molar-refractivity contribution in [1.82, 2.24) is 0 Å². The molecule has 2 atom stereocenters. The van der Waals surface area contributed by atoms with Crippen LogP contribution in [0.1, 0.15) is 34.3 Å². The van der Waals surface area contributed by atoms with E-state index in [0.717, 1.165) is 11.1 Å². The molecule has 0 saturated carbocycles. The normalized spacial score (nSPS) is 12.8. The molecule has 0 aliphatic rings. The lowest BCUT2D eigenvalue weighted by molar-refractivity contribution is 0.0440. The first-order chi connectivity index (χ1) is 18.6. The highest BCUT2D eigenvalue weighted by molar-refractivity contribution is 5.59. The number of benzene rings is 4. The Hall–Kier alpha value is -5.05. The van der Waals surface area contributed by atoms with Gasteiger partial charge >= 0.3 is 6.16 Å². The number of hydrogen-bond donors (Lipinski definition) is 2. The fraction of sp³-hybridized carbons (Fsp3) is 0.138. The summed E-state index contributed by atoms with van der Waals surface area (Å²) in [5.74, 6) is 0.106. The molecule has 9 heteroatoms. The molecule has 4 aromatic carbocycles. The Morgan fingerprint density at radius 1 is 0.579 bits per heavy atom. The molecule has 4 aromatic rings. The predicted octanol–water partition coefficient (Wildman–Crippen LogP) is 7.25. The zero-order valence-electron chi connectivity index (χ0n) is 20.4. The maximum atomic E-state index is 12.1. The number of aromatic hydroxyl groups is 2. The smallest absolute Gasteiger partial charge is 0.508 e. The number of carbonyl (C=O) groups is 1. The van der Waals surface area contributed by atoms with Crippen LogP contribution in [0.4, 0.5) is 4.79 Å². The Morgan fingerprint density at radius 3 is 1.34 bits per heavy atom. The monoisotopic (exact) mass is 510 g/mol. The van der Waals surface area contributed by atoms with Gasteiger partial charge in [0.25, 0.3) is 0 Å². The minimum atomic E-state index is -1.23. The fourth-order valence-corrected chi connectivity index (χ4v) is 3.88. The van der Waals surface area contributed by atoms with E-state index in [1.54, 1.807) is 48.5 Å². The standard InChI is InChI=1S/C29H26N4O5/c34-27-17-9-7-15-23(27)25(19-21-11-3-1-4-12-21)30-32-37-29(36)38-33-31-26(20-22-13-5-2-6-14-22)24-16-8-10-18-28(24)35/h1-18,25-26,34-35H,19-20H2. The SMILES string of the molecule is O=C(ON=NC(Cc1ccccc1)c1ccccc1O)ON=NC(Cc1ccccc1)c1ccccc1O. The van der Waals surface area contributed by atoms with Crippen molar-refractivity contribution in [2.24, 2.45) is 20.8 Å². The summed E-state index contributed by atoms with van der Waals surface area (Å²) in [4.78, 5) is 21.5. The maximum Gasteiger partial charge on any atom is 0.565 e. The predicted molar refractivity (Wildman–Crippen MR) is 139 cm³/mol. The second kappa shape index (κ2) is 13.3. The van der Waals surface area contributed by atoms with Crippen LogP contribution in [-0.2, 0) is 22.5 Å². The van der Waals surface area contributed by atoms with Crippen molar-refractivity contribution in [3.05, 3.63) is 131 Å². The Bertz CT molecular complexity index is 1280. The molecular formula is C29H26N4O5. The average Bonchev–Trinajstić information content (AvgIpc) is 2.94. The zero-order valence-corrected chi connectivity index (χ0v) is 20.4. The van der Waals surface area contributed by atoms with Gasteiger partial charge in [-0.1, -0.05) is 97.1 Å². The molecule has 0 aliphatic carbocycles. The summed E-state index contributed by atoms with van der Waals surface area (Å²) in [7, 11) is 0. The molecule has 4 rings (SSSR count). The van der Waals surface area contributed by atoms with E-state index in [1.165, 1.54) is 0 Å². The topological polar surface area (TPSA) is 125 Å². The Kier molecular flexibility index (Phi) is 9.12. The lowest BCUT2D eigenvalue weighted by Crippen LogP contribution is -2.03. The van der Waals surface area contributed by atoms with E-state index in [0.29, 0.717) is 24.0 Å². The first kappa shape index (κ1) is 26.0. The van der Waals surface area contributed by atoms with Crippen LogP contribution in [0, 0.1) is 0 Å². The highest BCUT2D eigenvalue weighted by Gasteiger charge is 2.18. The van der Waals surface area contributed by atoms with Crippen molar-refractivity contribution in [3.63, 3.8) is 0 Å². The van der Waals surface area contributed by atoms with Crippen molar-refractivity contribution in [1.29, 1.82) is 0 Å². The van der Waals surface area contributed by atoms with Gasteiger partial charge < -0.3 is 10.2 Å². The number of hydrogen-bond acceptors (Lipinski definition) is 9. The molecule has 0 bridgehead atoms. The number of carbonyl (C=O) groups excluding carboxylic acids is 1. The van der Waals surface area contributed by atoms with Crippen LogP contribution in [0.15, 0.2) is 130 Å². The maximum absolute atomic E-state index is 12.1. The third kappa shape index (κ3) is 7.47. The molecule has 0 heterocycles. The fourth-order valence-electron chi connectivity index (χ4n) is 3.88. The van der Waals surface area contributed by atoms with E-state index in [4.69, 9.17) is 9.68 Å². The van der Waals surface area contributed by atoms with E-state index in [9.17, 15) is 15.0 Å². The van der Waals surface area contributed by atoms with Gasteiger partial charge in [0.05, 0.1) is 0 Å². The molecule has 9 nitrogen and oxygen atoms in total. The second-order valence-corrected chi connectivity index (χ2v) is 8.36. The lowest BCUT2D eigenvalue weighted by atomic mass is 9.99. The minimum Gasteiger partial charge on any atom is -0.508 e. The molecule has 0 aromatic heterocycles. The Balaban J connectivity index is 1.41. The van der Waals surface area contributed by atoms with Crippen molar-refractivity contribution < 1.29 is 24.7 Å². The van der Waals surface area contributed by atoms with Crippen LogP contribution >= 0.6 is 0 Å². The molecule has 0 aliphatic heterocycles. The quantitative estimate of drug-likeness (QED) is 0.172. The first-order valence-electron chi connectivity index (χ1n) is 11.9. The Morgan fingerprint density at radius 2 is 0.947 bits per heavy atom. The average molecular weight is 511 g/mol. The van der Waals surface area contributed by atoms with Crippen LogP contribution in [0.3, 0.4) is 0 Å². The van der Waals surface area contributed by atoms with Gasteiger partial charge in [0, 0.05) is 34.5 Å². The highest BCUT2D eigenvalue weighted by atomic mass is 16.9. The molecule has 0 fully saturated rings. The van der Waals surface area contributed by atoms with E-state index in [-0.39, 0.29) is 11.5 Å². The van der Waals surface area contributed by atoms with Gasteiger partial charge in [0.15, 0.2) is 0 Å². The summed E-state index contributed by atoms with van der Waals surface area (Å²) in [6.45, 7) is 0. The number of nitrogens with zero attached hydrogens (tertiary/aromatic N) is 4. The zero-order chi connectivity index (χ0) is 26.6. The Labute approximate surface area is 219 Å². The van der Waals surface area contributed by atoms with E-state index in [1.807, 2.05) is 60.7 Å². The van der Waals surface area contributed by atoms with Crippen LogP contribution in [0.5, 0.6) is 11.5 Å². The van der Waals surface area contributed by atoms with Crippen molar-refractivity contribution in [2.45, 2.75) is 24.9 Å². The molecule has 0 radical (unpaired) electrons. The van der Waals surface area contributed by atoms with Crippen molar-refractivity contribution in [2.75, 3.05) is 0 Å². The number of phenols is 2. The summed E-state index contributed by atoms with van der Waals surface area (Å²) >= 11 is 0.